The summed E-state index contributed by atoms with van der Waals surface area (Å²) in [4.78, 5) is 0. The SMILES string of the molecule is CCc1ccccc1C1CCCCC1. The minimum Gasteiger partial charge on any atom is -0.0620 e. The van der Waals surface area contributed by atoms with Crippen molar-refractivity contribution in [1.82, 2.24) is 0 Å². The van der Waals surface area contributed by atoms with Crippen molar-refractivity contribution in [3.63, 3.8) is 0 Å². The highest BCUT2D eigenvalue weighted by atomic mass is 14.2. The smallest absolute Gasteiger partial charge is 0.0159 e. The lowest BCUT2D eigenvalue weighted by Gasteiger charge is -2.24. The van der Waals surface area contributed by atoms with Crippen molar-refractivity contribution in [2.75, 3.05) is 0 Å². The monoisotopic (exact) mass is 188 g/mol. The Morgan fingerprint density at radius 3 is 2.50 bits per heavy atom. The van der Waals surface area contributed by atoms with Crippen LogP contribution in [0.4, 0.5) is 0 Å². The van der Waals surface area contributed by atoms with Crippen molar-refractivity contribution in [3.05, 3.63) is 35.4 Å². The maximum Gasteiger partial charge on any atom is -0.0159 e. The van der Waals surface area contributed by atoms with Gasteiger partial charge in [0.2, 0.25) is 0 Å². The molecule has 0 N–H and O–H groups in total. The molecule has 0 aromatic heterocycles. The molecule has 0 nitrogen and oxygen atoms in total. The minimum atomic E-state index is 0.861. The molecule has 1 fully saturated rings. The second kappa shape index (κ2) is 4.63. The summed E-state index contributed by atoms with van der Waals surface area (Å²) in [5.74, 6) is 0.861. The fourth-order valence-electron chi connectivity index (χ4n) is 2.67. The summed E-state index contributed by atoms with van der Waals surface area (Å²) in [7, 11) is 0. The number of hydrogen-bond donors (Lipinski definition) is 0. The molecular weight excluding hydrogens is 168 g/mol. The Labute approximate surface area is 87.3 Å². The largest absolute Gasteiger partial charge is 0.0620 e. The molecule has 1 aromatic carbocycles. The molecule has 0 heterocycles. The zero-order valence-electron chi connectivity index (χ0n) is 9.13. The first kappa shape index (κ1) is 9.76. The molecule has 0 heteroatoms. The van der Waals surface area contributed by atoms with Gasteiger partial charge < -0.3 is 0 Å². The van der Waals surface area contributed by atoms with Crippen molar-refractivity contribution < 1.29 is 0 Å². The Hall–Kier alpha value is -0.780. The van der Waals surface area contributed by atoms with E-state index in [2.05, 4.69) is 31.2 Å². The molecule has 0 amide bonds. The lowest BCUT2D eigenvalue weighted by atomic mass is 9.82. The van der Waals surface area contributed by atoms with Gasteiger partial charge in [0, 0.05) is 0 Å². The van der Waals surface area contributed by atoms with Gasteiger partial charge in [-0.05, 0) is 36.3 Å². The summed E-state index contributed by atoms with van der Waals surface area (Å²) in [6.07, 6.45) is 8.33. The fourth-order valence-corrected chi connectivity index (χ4v) is 2.67. The first-order valence-corrected chi connectivity index (χ1v) is 5.99. The van der Waals surface area contributed by atoms with Gasteiger partial charge in [-0.2, -0.15) is 0 Å². The molecule has 1 saturated carbocycles. The summed E-state index contributed by atoms with van der Waals surface area (Å²) < 4.78 is 0. The van der Waals surface area contributed by atoms with E-state index in [4.69, 9.17) is 0 Å². The van der Waals surface area contributed by atoms with E-state index in [-0.39, 0.29) is 0 Å². The average molecular weight is 188 g/mol. The average Bonchev–Trinajstić information content (AvgIpc) is 2.30. The summed E-state index contributed by atoms with van der Waals surface area (Å²) in [5.41, 5.74) is 3.20. The number of hydrogen-bond acceptors (Lipinski definition) is 0. The van der Waals surface area contributed by atoms with Crippen LogP contribution in [0.15, 0.2) is 24.3 Å². The molecule has 2 rings (SSSR count). The molecule has 1 aromatic rings. The van der Waals surface area contributed by atoms with Gasteiger partial charge in [-0.15, -0.1) is 0 Å². The highest BCUT2D eigenvalue weighted by Crippen LogP contribution is 2.34. The van der Waals surface area contributed by atoms with Crippen LogP contribution in [0.2, 0.25) is 0 Å². The third-order valence-corrected chi connectivity index (χ3v) is 3.48. The summed E-state index contributed by atoms with van der Waals surface area (Å²) in [6, 6.07) is 9.01. The summed E-state index contributed by atoms with van der Waals surface area (Å²) in [6.45, 7) is 2.27. The highest BCUT2D eigenvalue weighted by molar-refractivity contribution is 5.30. The van der Waals surface area contributed by atoms with Crippen LogP contribution in [-0.2, 0) is 6.42 Å². The molecule has 0 atom stereocenters. The second-order valence-electron chi connectivity index (χ2n) is 4.39. The summed E-state index contributed by atoms with van der Waals surface area (Å²) in [5, 5.41) is 0. The molecule has 1 aliphatic rings. The zero-order valence-corrected chi connectivity index (χ0v) is 9.13. The van der Waals surface area contributed by atoms with E-state index < -0.39 is 0 Å². The van der Waals surface area contributed by atoms with E-state index in [1.54, 1.807) is 11.1 Å². The molecule has 14 heavy (non-hydrogen) atoms. The Morgan fingerprint density at radius 2 is 1.79 bits per heavy atom. The van der Waals surface area contributed by atoms with Gasteiger partial charge in [-0.1, -0.05) is 50.5 Å². The minimum absolute atomic E-state index is 0.861. The first-order chi connectivity index (χ1) is 6.92. The van der Waals surface area contributed by atoms with Crippen LogP contribution in [0.25, 0.3) is 0 Å². The van der Waals surface area contributed by atoms with Gasteiger partial charge in [-0.25, -0.2) is 0 Å². The molecule has 0 aliphatic heterocycles. The number of aryl methyl sites for hydroxylation is 1. The predicted octanol–water partition coefficient (Wildman–Crippen LogP) is 4.30. The van der Waals surface area contributed by atoms with Crippen molar-refractivity contribution in [2.45, 2.75) is 51.4 Å². The van der Waals surface area contributed by atoms with Crippen molar-refractivity contribution in [3.8, 4) is 0 Å². The Kier molecular flexibility index (Phi) is 3.23. The maximum absolute atomic E-state index is 2.34. The quantitative estimate of drug-likeness (QED) is 0.649. The Morgan fingerprint density at radius 1 is 1.07 bits per heavy atom. The molecule has 0 radical (unpaired) electrons. The zero-order chi connectivity index (χ0) is 9.80. The van der Waals surface area contributed by atoms with Gasteiger partial charge >= 0.3 is 0 Å². The van der Waals surface area contributed by atoms with Gasteiger partial charge in [0.1, 0.15) is 0 Å². The van der Waals surface area contributed by atoms with E-state index in [0.29, 0.717) is 0 Å². The second-order valence-corrected chi connectivity index (χ2v) is 4.39. The molecule has 0 bridgehead atoms. The molecule has 0 spiro atoms. The molecule has 0 saturated heterocycles. The van der Waals surface area contributed by atoms with E-state index >= 15 is 0 Å². The van der Waals surface area contributed by atoms with Crippen molar-refractivity contribution >= 4 is 0 Å². The van der Waals surface area contributed by atoms with E-state index in [1.807, 2.05) is 0 Å². The topological polar surface area (TPSA) is 0 Å². The van der Waals surface area contributed by atoms with Gasteiger partial charge in [0.25, 0.3) is 0 Å². The number of rotatable bonds is 2. The lowest BCUT2D eigenvalue weighted by molar-refractivity contribution is 0.442. The predicted molar refractivity (Wildman–Crippen MR) is 61.6 cm³/mol. The maximum atomic E-state index is 2.34. The van der Waals surface area contributed by atoms with Crippen LogP contribution in [0.1, 0.15) is 56.1 Å². The number of benzene rings is 1. The fraction of sp³-hybridized carbons (Fsp3) is 0.571. The van der Waals surface area contributed by atoms with Crippen LogP contribution in [0.3, 0.4) is 0 Å². The van der Waals surface area contributed by atoms with Gasteiger partial charge in [0.15, 0.2) is 0 Å². The first-order valence-electron chi connectivity index (χ1n) is 5.99. The van der Waals surface area contributed by atoms with Crippen molar-refractivity contribution in [2.24, 2.45) is 0 Å². The third kappa shape index (κ3) is 2.00. The van der Waals surface area contributed by atoms with Crippen LogP contribution in [-0.4, -0.2) is 0 Å². The Bertz CT molecular complexity index is 282. The highest BCUT2D eigenvalue weighted by Gasteiger charge is 2.16. The Balaban J connectivity index is 2.20. The van der Waals surface area contributed by atoms with Crippen molar-refractivity contribution in [1.29, 1.82) is 0 Å². The van der Waals surface area contributed by atoms with Crippen LogP contribution in [0.5, 0.6) is 0 Å². The normalized spacial score (nSPS) is 18.4. The summed E-state index contributed by atoms with van der Waals surface area (Å²) >= 11 is 0. The lowest BCUT2D eigenvalue weighted by Crippen LogP contribution is -2.06. The third-order valence-electron chi connectivity index (χ3n) is 3.48. The molecule has 0 unspecified atom stereocenters. The standard InChI is InChI=1S/C14H20/c1-2-12-8-6-7-11-14(12)13-9-4-3-5-10-13/h6-8,11,13H,2-5,9-10H2,1H3. The molecule has 1 aliphatic carbocycles. The van der Waals surface area contributed by atoms with Gasteiger partial charge in [-0.3, -0.25) is 0 Å². The van der Waals surface area contributed by atoms with E-state index in [9.17, 15) is 0 Å². The van der Waals surface area contributed by atoms with E-state index in [0.717, 1.165) is 5.92 Å². The molecule has 76 valence electrons. The van der Waals surface area contributed by atoms with Crippen LogP contribution in [0, 0.1) is 0 Å². The molecular formula is C14H20. The van der Waals surface area contributed by atoms with Crippen LogP contribution < -0.4 is 0 Å². The van der Waals surface area contributed by atoms with Gasteiger partial charge in [0.05, 0.1) is 0 Å². The van der Waals surface area contributed by atoms with E-state index in [1.165, 1.54) is 38.5 Å². The van der Waals surface area contributed by atoms with Crippen LogP contribution >= 0.6 is 0 Å².